The van der Waals surface area contributed by atoms with E-state index in [0.29, 0.717) is 175 Å². The lowest BCUT2D eigenvalue weighted by atomic mass is 10.2. The minimum atomic E-state index is -1.13. The second kappa shape index (κ2) is 41.7. The topological polar surface area (TPSA) is 219 Å². The Morgan fingerprint density at radius 1 is 0.381 bits per heavy atom. The Labute approximate surface area is 371 Å². The minimum Gasteiger partial charge on any atom is -0.487 e. The molecule has 0 aliphatic rings. The Kier molecular flexibility index (Phi) is 37.2. The van der Waals surface area contributed by atoms with Gasteiger partial charge < -0.3 is 95.4 Å². The lowest BCUT2D eigenvalue weighted by Gasteiger charge is -2.18. The van der Waals surface area contributed by atoms with Crippen molar-refractivity contribution in [1.29, 1.82) is 0 Å². The summed E-state index contributed by atoms with van der Waals surface area (Å²) >= 11 is 0. The van der Waals surface area contributed by atoms with Gasteiger partial charge in [0.2, 0.25) is 5.75 Å². The van der Waals surface area contributed by atoms with Gasteiger partial charge in [-0.15, -0.1) is 0 Å². The normalized spacial score (nSPS) is 11.5. The van der Waals surface area contributed by atoms with E-state index in [1.54, 1.807) is 27.4 Å². The maximum Gasteiger partial charge on any atom is 0.352 e. The summed E-state index contributed by atoms with van der Waals surface area (Å²) in [6.45, 7) is 12.0. The molecule has 0 unspecified atom stereocenters. The van der Waals surface area contributed by atoms with Gasteiger partial charge in [0.05, 0.1) is 184 Å². The molecule has 2 aromatic rings. The predicted octanol–water partition coefficient (Wildman–Crippen LogP) is 2.14. The van der Waals surface area contributed by atoms with Gasteiger partial charge in [0.1, 0.15) is 25.5 Å². The number of carboxylic acid groups (broad SMARTS) is 1. The van der Waals surface area contributed by atoms with Crippen LogP contribution in [0.25, 0.3) is 10.9 Å². The average molecular weight is 912 g/mol. The van der Waals surface area contributed by atoms with E-state index >= 15 is 0 Å². The van der Waals surface area contributed by atoms with Crippen LogP contribution in [0.1, 0.15) is 10.5 Å². The number of fused-ring (bicyclic) bond motifs is 1. The van der Waals surface area contributed by atoms with Crippen molar-refractivity contribution in [3.05, 3.63) is 17.8 Å². The molecule has 21 nitrogen and oxygen atoms in total. The molecule has 1 heterocycles. The highest BCUT2D eigenvalue weighted by molar-refractivity contribution is 5.98. The first-order valence-electron chi connectivity index (χ1n) is 21.3. The van der Waals surface area contributed by atoms with Crippen molar-refractivity contribution < 1.29 is 95.2 Å². The van der Waals surface area contributed by atoms with Crippen LogP contribution >= 0.6 is 0 Å². The molecule has 1 aromatic heterocycles. The Morgan fingerprint density at radius 3 is 0.952 bits per heavy atom. The van der Waals surface area contributed by atoms with Gasteiger partial charge in [-0.3, -0.25) is 0 Å². The van der Waals surface area contributed by atoms with Gasteiger partial charge in [-0.1, -0.05) is 0 Å². The van der Waals surface area contributed by atoms with Gasteiger partial charge in [-0.2, -0.15) is 0 Å². The van der Waals surface area contributed by atoms with E-state index in [-0.39, 0.29) is 56.8 Å². The van der Waals surface area contributed by atoms with Crippen LogP contribution in [0, 0.1) is 0 Å². The highest BCUT2D eigenvalue weighted by Gasteiger charge is 2.22. The van der Waals surface area contributed by atoms with Crippen molar-refractivity contribution >= 4 is 16.9 Å². The van der Waals surface area contributed by atoms with E-state index in [9.17, 15) is 9.90 Å². The van der Waals surface area contributed by atoms with E-state index in [0.717, 1.165) is 0 Å². The molecule has 63 heavy (non-hydrogen) atoms. The van der Waals surface area contributed by atoms with Crippen molar-refractivity contribution in [2.24, 2.45) is 0 Å². The Bertz CT molecular complexity index is 1340. The Hall–Kier alpha value is -2.97. The van der Waals surface area contributed by atoms with Crippen LogP contribution in [-0.2, 0) is 71.1 Å². The molecular weight excluding hydrogens is 838 g/mol. The molecule has 0 radical (unpaired) electrons. The lowest BCUT2D eigenvalue weighted by molar-refractivity contribution is -0.0108. The number of nitrogens with one attached hydrogen (secondary N) is 1. The van der Waals surface area contributed by atoms with Crippen molar-refractivity contribution in [2.45, 2.75) is 0 Å². The van der Waals surface area contributed by atoms with Gasteiger partial charge in [0, 0.05) is 26.7 Å². The maximum absolute atomic E-state index is 11.9. The molecule has 0 saturated carbocycles. The number of benzene rings is 1. The number of H-pyrrole nitrogens is 1. The summed E-state index contributed by atoms with van der Waals surface area (Å²) in [7, 11) is 4.88. The Morgan fingerprint density at radius 2 is 0.651 bits per heavy atom. The number of aromatic amines is 1. The zero-order chi connectivity index (χ0) is 45.1. The summed E-state index contributed by atoms with van der Waals surface area (Å²) in [6, 6.07) is 3.20. The van der Waals surface area contributed by atoms with Gasteiger partial charge in [-0.25, -0.2) is 4.79 Å². The molecule has 0 fully saturated rings. The second-order valence-electron chi connectivity index (χ2n) is 12.9. The number of aromatic carboxylic acids is 1. The third kappa shape index (κ3) is 30.0. The number of carboxylic acids is 1. The molecule has 1 aromatic carbocycles. The first-order valence-corrected chi connectivity index (χ1v) is 21.3. The fourth-order valence-corrected chi connectivity index (χ4v) is 5.03. The van der Waals surface area contributed by atoms with Gasteiger partial charge in [0.25, 0.3) is 0 Å². The molecule has 366 valence electrons. The van der Waals surface area contributed by atoms with Crippen molar-refractivity contribution in [2.75, 3.05) is 220 Å². The molecule has 0 amide bonds. The van der Waals surface area contributed by atoms with E-state index in [1.165, 1.54) is 6.07 Å². The molecule has 0 aliphatic heterocycles. The summed E-state index contributed by atoms with van der Waals surface area (Å²) in [6.07, 6.45) is 0. The van der Waals surface area contributed by atoms with Crippen LogP contribution in [0.4, 0.5) is 0 Å². The number of ether oxygens (including phenoxy) is 18. The maximum atomic E-state index is 11.9. The summed E-state index contributed by atoms with van der Waals surface area (Å²) < 4.78 is 99.8. The van der Waals surface area contributed by atoms with Crippen molar-refractivity contribution in [3.8, 4) is 17.2 Å². The summed E-state index contributed by atoms with van der Waals surface area (Å²) in [5, 5.41) is 10.3. The Balaban J connectivity index is 1.86. The van der Waals surface area contributed by atoms with Crippen LogP contribution in [-0.4, -0.2) is 236 Å². The molecule has 0 bridgehead atoms. The summed E-state index contributed by atoms with van der Waals surface area (Å²) in [5.41, 5.74) is 0.401. The number of methoxy groups -OCH3 is 3. The molecule has 0 aliphatic carbocycles. The third-order valence-corrected chi connectivity index (χ3v) is 8.10. The number of rotatable bonds is 49. The SMILES string of the molecule is COCCOCCOCCOCCOCCOc1cc2cc(C(=O)O)[nH]c2c(OCCOCCOCCOCCOCCOC)c1OCCOCCOCCOCCOCCOC. The molecule has 0 atom stereocenters. The summed E-state index contributed by atoms with van der Waals surface area (Å²) in [5.74, 6) is -0.260. The molecule has 2 rings (SSSR count). The van der Waals surface area contributed by atoms with Gasteiger partial charge in [-0.05, 0) is 12.1 Å². The van der Waals surface area contributed by atoms with Crippen molar-refractivity contribution in [3.63, 3.8) is 0 Å². The zero-order valence-electron chi connectivity index (χ0n) is 37.6. The standard InChI is InChI=1S/C42H73NO20/c1-46-4-7-49-10-13-52-16-19-55-22-25-58-28-31-61-38-35-36-34-37(42(44)45)43-39(36)41(63-33-30-60-27-24-57-21-18-54-15-12-51-9-6-48-3)40(38)62-32-29-59-26-23-56-20-17-53-14-11-50-8-5-47-2/h34-35,43H,4-33H2,1-3H3,(H,44,45). The number of aromatic nitrogens is 1. The highest BCUT2D eigenvalue weighted by Crippen LogP contribution is 2.44. The molecule has 21 heteroatoms. The highest BCUT2D eigenvalue weighted by atomic mass is 16.6. The molecule has 2 N–H and O–H groups in total. The first-order chi connectivity index (χ1) is 31.1. The van der Waals surface area contributed by atoms with Crippen LogP contribution in [0.15, 0.2) is 12.1 Å². The van der Waals surface area contributed by atoms with Crippen LogP contribution < -0.4 is 14.2 Å². The van der Waals surface area contributed by atoms with Crippen molar-refractivity contribution in [1.82, 2.24) is 4.98 Å². The molecular formula is C42H73NO20. The van der Waals surface area contributed by atoms with E-state index in [4.69, 9.17) is 85.3 Å². The lowest BCUT2D eigenvalue weighted by Crippen LogP contribution is -2.16. The van der Waals surface area contributed by atoms with E-state index in [2.05, 4.69) is 4.98 Å². The largest absolute Gasteiger partial charge is 0.487 e. The van der Waals surface area contributed by atoms with Crippen LogP contribution in [0.3, 0.4) is 0 Å². The quantitative estimate of drug-likeness (QED) is 0.0909. The second-order valence-corrected chi connectivity index (χ2v) is 12.9. The monoisotopic (exact) mass is 911 g/mol. The van der Waals surface area contributed by atoms with Crippen LogP contribution in [0.5, 0.6) is 17.2 Å². The fourth-order valence-electron chi connectivity index (χ4n) is 5.03. The number of hydrogen-bond acceptors (Lipinski definition) is 19. The number of hydrogen-bond donors (Lipinski definition) is 2. The predicted molar refractivity (Wildman–Crippen MR) is 227 cm³/mol. The molecule has 0 spiro atoms. The third-order valence-electron chi connectivity index (χ3n) is 8.10. The average Bonchev–Trinajstić information content (AvgIpc) is 3.72. The van der Waals surface area contributed by atoms with E-state index in [1.807, 2.05) is 0 Å². The fraction of sp³-hybridized carbons (Fsp3) is 0.786. The van der Waals surface area contributed by atoms with Crippen LogP contribution in [0.2, 0.25) is 0 Å². The minimum absolute atomic E-state index is 0.0257. The zero-order valence-corrected chi connectivity index (χ0v) is 37.6. The molecule has 0 saturated heterocycles. The first kappa shape index (κ1) is 56.2. The van der Waals surface area contributed by atoms with Gasteiger partial charge >= 0.3 is 5.97 Å². The van der Waals surface area contributed by atoms with E-state index < -0.39 is 5.97 Å². The smallest absolute Gasteiger partial charge is 0.352 e. The van der Waals surface area contributed by atoms with Gasteiger partial charge in [0.15, 0.2) is 11.5 Å². The number of carbonyl (C=O) groups is 1. The summed E-state index contributed by atoms with van der Waals surface area (Å²) in [4.78, 5) is 14.9.